The van der Waals surface area contributed by atoms with Crippen molar-refractivity contribution >= 4 is 11.6 Å². The van der Waals surface area contributed by atoms with Crippen LogP contribution in [-0.4, -0.2) is 15.9 Å². The Bertz CT molecular complexity index is 532. The van der Waals surface area contributed by atoms with E-state index < -0.39 is 0 Å². The van der Waals surface area contributed by atoms with Crippen LogP contribution in [-0.2, 0) is 6.42 Å². The van der Waals surface area contributed by atoms with E-state index in [-0.39, 0.29) is 5.91 Å². The molecule has 0 unspecified atom stereocenters. The van der Waals surface area contributed by atoms with Crippen LogP contribution in [0.2, 0.25) is 0 Å². The van der Waals surface area contributed by atoms with Crippen molar-refractivity contribution in [1.82, 2.24) is 9.97 Å². The highest BCUT2D eigenvalue weighted by atomic mass is 16.1. The second-order valence-electron chi connectivity index (χ2n) is 4.05. The third-order valence-electron chi connectivity index (χ3n) is 2.63. The van der Waals surface area contributed by atoms with Crippen LogP contribution in [0.3, 0.4) is 0 Å². The average molecular weight is 241 g/mol. The first-order valence-electron chi connectivity index (χ1n) is 5.88. The fourth-order valence-electron chi connectivity index (χ4n) is 1.53. The molecule has 0 radical (unpaired) electrons. The zero-order valence-corrected chi connectivity index (χ0v) is 10.5. The maximum absolute atomic E-state index is 11.9. The molecule has 0 spiro atoms. The van der Waals surface area contributed by atoms with Gasteiger partial charge in [0.25, 0.3) is 5.91 Å². The maximum Gasteiger partial charge on any atom is 0.275 e. The smallest absolute Gasteiger partial charge is 0.275 e. The van der Waals surface area contributed by atoms with E-state index in [4.69, 9.17) is 0 Å². The van der Waals surface area contributed by atoms with Crippen LogP contribution in [0.4, 0.5) is 5.69 Å². The molecule has 1 aromatic carbocycles. The van der Waals surface area contributed by atoms with Crippen molar-refractivity contribution in [1.29, 1.82) is 0 Å². The number of nitrogens with zero attached hydrogens (tertiary/aromatic N) is 2. The zero-order valence-electron chi connectivity index (χ0n) is 10.5. The van der Waals surface area contributed by atoms with E-state index >= 15 is 0 Å². The van der Waals surface area contributed by atoms with E-state index in [1.165, 1.54) is 11.8 Å². The average Bonchev–Trinajstić information content (AvgIpc) is 2.40. The summed E-state index contributed by atoms with van der Waals surface area (Å²) in [7, 11) is 0. The summed E-state index contributed by atoms with van der Waals surface area (Å²) in [6.07, 6.45) is 4.04. The summed E-state index contributed by atoms with van der Waals surface area (Å²) < 4.78 is 0. The Kier molecular flexibility index (Phi) is 3.67. The number of carbonyl (C=O) groups excluding carboxylic acids is 1. The quantitative estimate of drug-likeness (QED) is 0.898. The molecule has 0 atom stereocenters. The standard InChI is InChI=1S/C14H15N3O/c1-3-11-4-6-12(7-5-11)17-14(18)13-9-15-10(2)8-16-13/h4-9H,3H2,1-2H3,(H,17,18). The summed E-state index contributed by atoms with van der Waals surface area (Å²) in [6, 6.07) is 7.77. The summed E-state index contributed by atoms with van der Waals surface area (Å²) in [6.45, 7) is 3.92. The van der Waals surface area contributed by atoms with Gasteiger partial charge >= 0.3 is 0 Å². The van der Waals surface area contributed by atoms with E-state index in [9.17, 15) is 4.79 Å². The SMILES string of the molecule is CCc1ccc(NC(=O)c2cnc(C)cn2)cc1. The van der Waals surface area contributed by atoms with Crippen LogP contribution in [0.15, 0.2) is 36.7 Å². The molecule has 18 heavy (non-hydrogen) atoms. The molecule has 1 heterocycles. The summed E-state index contributed by atoms with van der Waals surface area (Å²) in [5, 5.41) is 2.79. The number of carbonyl (C=O) groups is 1. The topological polar surface area (TPSA) is 54.9 Å². The predicted octanol–water partition coefficient (Wildman–Crippen LogP) is 2.60. The lowest BCUT2D eigenvalue weighted by molar-refractivity contribution is 0.102. The molecular formula is C14H15N3O. The number of amides is 1. The van der Waals surface area contributed by atoms with Crippen molar-refractivity contribution in [3.63, 3.8) is 0 Å². The third-order valence-corrected chi connectivity index (χ3v) is 2.63. The van der Waals surface area contributed by atoms with Crippen LogP contribution in [0.1, 0.15) is 28.7 Å². The van der Waals surface area contributed by atoms with E-state index in [2.05, 4.69) is 22.2 Å². The lowest BCUT2D eigenvalue weighted by atomic mass is 10.1. The number of hydrogen-bond acceptors (Lipinski definition) is 3. The molecule has 0 aliphatic heterocycles. The van der Waals surface area contributed by atoms with Crippen molar-refractivity contribution in [3.05, 3.63) is 53.6 Å². The molecule has 0 aliphatic carbocycles. The van der Waals surface area contributed by atoms with E-state index in [1.807, 2.05) is 31.2 Å². The lowest BCUT2D eigenvalue weighted by Gasteiger charge is -2.05. The highest BCUT2D eigenvalue weighted by Crippen LogP contribution is 2.11. The zero-order chi connectivity index (χ0) is 13.0. The number of anilines is 1. The van der Waals surface area contributed by atoms with Crippen LogP contribution >= 0.6 is 0 Å². The summed E-state index contributed by atoms with van der Waals surface area (Å²) in [4.78, 5) is 19.9. The number of nitrogens with one attached hydrogen (secondary N) is 1. The first-order chi connectivity index (χ1) is 8.69. The first-order valence-corrected chi connectivity index (χ1v) is 5.88. The van der Waals surface area contributed by atoms with Crippen molar-refractivity contribution in [2.45, 2.75) is 20.3 Å². The maximum atomic E-state index is 11.9. The monoisotopic (exact) mass is 241 g/mol. The molecule has 0 saturated carbocycles. The van der Waals surface area contributed by atoms with Gasteiger partial charge in [0.1, 0.15) is 5.69 Å². The molecule has 2 aromatic rings. The molecule has 0 aliphatic rings. The molecule has 4 nitrogen and oxygen atoms in total. The van der Waals surface area contributed by atoms with Gasteiger partial charge in [-0.1, -0.05) is 19.1 Å². The van der Waals surface area contributed by atoms with Gasteiger partial charge < -0.3 is 5.32 Å². The second kappa shape index (κ2) is 5.40. The van der Waals surface area contributed by atoms with Gasteiger partial charge in [-0.2, -0.15) is 0 Å². The normalized spacial score (nSPS) is 10.1. The van der Waals surface area contributed by atoms with Crippen molar-refractivity contribution in [2.24, 2.45) is 0 Å². The van der Waals surface area contributed by atoms with Crippen LogP contribution < -0.4 is 5.32 Å². The van der Waals surface area contributed by atoms with E-state index in [1.54, 1.807) is 6.20 Å². The van der Waals surface area contributed by atoms with Crippen LogP contribution in [0.5, 0.6) is 0 Å². The highest BCUT2D eigenvalue weighted by molar-refractivity contribution is 6.02. The minimum absolute atomic E-state index is 0.244. The van der Waals surface area contributed by atoms with Crippen molar-refractivity contribution < 1.29 is 4.79 Å². The number of aromatic nitrogens is 2. The predicted molar refractivity (Wildman–Crippen MR) is 70.5 cm³/mol. The lowest BCUT2D eigenvalue weighted by Crippen LogP contribution is -2.14. The number of benzene rings is 1. The fraction of sp³-hybridized carbons (Fsp3) is 0.214. The van der Waals surface area contributed by atoms with Gasteiger partial charge in [-0.05, 0) is 31.0 Å². The molecule has 2 rings (SSSR count). The molecule has 1 aromatic heterocycles. The fourth-order valence-corrected chi connectivity index (χ4v) is 1.53. The highest BCUT2D eigenvalue weighted by Gasteiger charge is 2.07. The van der Waals surface area contributed by atoms with Gasteiger partial charge in [0.15, 0.2) is 0 Å². The molecule has 1 N–H and O–H groups in total. The van der Waals surface area contributed by atoms with Crippen molar-refractivity contribution in [3.8, 4) is 0 Å². The Hall–Kier alpha value is -2.23. The number of rotatable bonds is 3. The van der Waals surface area contributed by atoms with Gasteiger partial charge in [0, 0.05) is 11.9 Å². The minimum atomic E-state index is -0.244. The molecule has 0 bridgehead atoms. The Morgan fingerprint density at radius 2 is 1.89 bits per heavy atom. The molecule has 0 saturated heterocycles. The van der Waals surface area contributed by atoms with Gasteiger partial charge in [0.2, 0.25) is 0 Å². The molecule has 0 fully saturated rings. The van der Waals surface area contributed by atoms with Gasteiger partial charge in [-0.15, -0.1) is 0 Å². The van der Waals surface area contributed by atoms with Gasteiger partial charge in [-0.25, -0.2) is 4.98 Å². The second-order valence-corrected chi connectivity index (χ2v) is 4.05. The Balaban J connectivity index is 2.08. The Morgan fingerprint density at radius 1 is 1.17 bits per heavy atom. The molecule has 92 valence electrons. The van der Waals surface area contributed by atoms with Crippen LogP contribution in [0, 0.1) is 6.92 Å². The van der Waals surface area contributed by atoms with Gasteiger partial charge in [-0.3, -0.25) is 9.78 Å². The van der Waals surface area contributed by atoms with Gasteiger partial charge in [0.05, 0.1) is 11.9 Å². The van der Waals surface area contributed by atoms with Crippen LogP contribution in [0.25, 0.3) is 0 Å². The largest absolute Gasteiger partial charge is 0.321 e. The first kappa shape index (κ1) is 12.2. The Labute approximate surface area is 106 Å². The molecule has 4 heteroatoms. The third kappa shape index (κ3) is 2.91. The summed E-state index contributed by atoms with van der Waals surface area (Å²) in [5.74, 6) is -0.244. The number of aryl methyl sites for hydroxylation is 2. The molecular weight excluding hydrogens is 226 g/mol. The number of hydrogen-bond donors (Lipinski definition) is 1. The van der Waals surface area contributed by atoms with E-state index in [0.717, 1.165) is 17.8 Å². The summed E-state index contributed by atoms with van der Waals surface area (Å²) in [5.41, 5.74) is 3.11. The molecule has 1 amide bonds. The van der Waals surface area contributed by atoms with Crippen molar-refractivity contribution in [2.75, 3.05) is 5.32 Å². The van der Waals surface area contributed by atoms with E-state index in [0.29, 0.717) is 5.69 Å². The Morgan fingerprint density at radius 3 is 2.44 bits per heavy atom. The summed E-state index contributed by atoms with van der Waals surface area (Å²) >= 11 is 0. The minimum Gasteiger partial charge on any atom is -0.321 e.